The number of aromatic nitrogens is 2. The van der Waals surface area contributed by atoms with Gasteiger partial charge >= 0.3 is 0 Å². The lowest BCUT2D eigenvalue weighted by Crippen LogP contribution is -2.40. The second kappa shape index (κ2) is 8.73. The smallest absolute Gasteiger partial charge is 0.223 e. The van der Waals surface area contributed by atoms with Gasteiger partial charge in [0.15, 0.2) is 0 Å². The number of benzene rings is 1. The van der Waals surface area contributed by atoms with Gasteiger partial charge in [0.1, 0.15) is 17.4 Å². The van der Waals surface area contributed by atoms with Crippen molar-refractivity contribution in [1.82, 2.24) is 15.3 Å². The number of hydrogen-bond donors (Lipinski definition) is 2. The van der Waals surface area contributed by atoms with E-state index in [0.29, 0.717) is 25.0 Å². The molecular weight excluding hydrogens is 356 g/mol. The van der Waals surface area contributed by atoms with Gasteiger partial charge in [-0.2, -0.15) is 0 Å². The van der Waals surface area contributed by atoms with Gasteiger partial charge in [0.05, 0.1) is 13.2 Å². The molecule has 0 spiro atoms. The first-order chi connectivity index (χ1) is 13.7. The number of nitrogens with zero attached hydrogens (tertiary/aromatic N) is 2. The summed E-state index contributed by atoms with van der Waals surface area (Å²) in [5.41, 5.74) is 0.829. The van der Waals surface area contributed by atoms with Gasteiger partial charge in [-0.3, -0.25) is 4.79 Å². The average molecular weight is 384 g/mol. The van der Waals surface area contributed by atoms with Crippen molar-refractivity contribution in [1.29, 1.82) is 0 Å². The first-order valence-corrected chi connectivity index (χ1v) is 10.3. The van der Waals surface area contributed by atoms with Gasteiger partial charge in [-0.1, -0.05) is 19.1 Å². The highest BCUT2D eigenvalue weighted by Crippen LogP contribution is 2.27. The monoisotopic (exact) mass is 384 g/mol. The second-order valence-electron chi connectivity index (χ2n) is 7.60. The average Bonchev–Trinajstić information content (AvgIpc) is 3.23. The Morgan fingerprint density at radius 3 is 2.79 bits per heavy atom. The van der Waals surface area contributed by atoms with Crippen molar-refractivity contribution < 1.29 is 14.3 Å². The highest BCUT2D eigenvalue weighted by Gasteiger charge is 2.23. The predicted octanol–water partition coefficient (Wildman–Crippen LogP) is 3.05. The number of para-hydroxylation sites is 1. The molecule has 2 fully saturated rings. The van der Waals surface area contributed by atoms with Crippen molar-refractivity contribution in [2.24, 2.45) is 0 Å². The van der Waals surface area contributed by atoms with Crippen LogP contribution < -0.4 is 15.4 Å². The molecule has 1 amide bonds. The normalized spacial score (nSPS) is 24.8. The van der Waals surface area contributed by atoms with E-state index in [1.54, 1.807) is 0 Å². The number of ether oxygens (including phenoxy) is 2. The number of anilines is 1. The van der Waals surface area contributed by atoms with Crippen molar-refractivity contribution in [2.45, 2.75) is 63.6 Å². The molecule has 1 aliphatic carbocycles. The number of carbonyl (C=O) groups excluding carboxylic acids is 1. The van der Waals surface area contributed by atoms with E-state index < -0.39 is 0 Å². The SMILES string of the molecule is CCC(=O)N[C@H]1CC[C@H](Nc2ncc3cccc(OC4CCOC4)c3n2)CC1. The van der Waals surface area contributed by atoms with Crippen molar-refractivity contribution in [2.75, 3.05) is 18.5 Å². The van der Waals surface area contributed by atoms with Crippen molar-refractivity contribution in [3.8, 4) is 5.75 Å². The molecule has 0 radical (unpaired) electrons. The lowest BCUT2D eigenvalue weighted by molar-refractivity contribution is -0.121. The standard InChI is InChI=1S/C21H28N4O3/c1-2-19(26)23-15-6-8-16(9-7-15)24-21-22-12-14-4-3-5-18(20(14)25-21)28-17-10-11-27-13-17/h3-5,12,15-17H,2,6-11,13H2,1H3,(H,23,26)(H,22,24,25)/t15-,16-,17?. The topological polar surface area (TPSA) is 85.4 Å². The van der Waals surface area contributed by atoms with Gasteiger partial charge in [0.25, 0.3) is 0 Å². The van der Waals surface area contributed by atoms with Crippen LogP contribution in [0.3, 0.4) is 0 Å². The third-order valence-corrected chi connectivity index (χ3v) is 5.50. The van der Waals surface area contributed by atoms with Crippen LogP contribution in [0.5, 0.6) is 5.75 Å². The molecule has 1 atom stereocenters. The van der Waals surface area contributed by atoms with E-state index in [2.05, 4.69) is 15.6 Å². The fourth-order valence-corrected chi connectivity index (χ4v) is 3.87. The van der Waals surface area contributed by atoms with E-state index in [-0.39, 0.29) is 18.1 Å². The number of carbonyl (C=O) groups is 1. The zero-order valence-electron chi connectivity index (χ0n) is 16.3. The molecule has 4 rings (SSSR count). The number of fused-ring (bicyclic) bond motifs is 1. The number of rotatable bonds is 6. The molecule has 1 saturated carbocycles. The highest BCUT2D eigenvalue weighted by molar-refractivity contribution is 5.84. The molecule has 1 saturated heterocycles. The summed E-state index contributed by atoms with van der Waals surface area (Å²) in [6, 6.07) is 6.54. The first kappa shape index (κ1) is 18.9. The van der Waals surface area contributed by atoms with Crippen LogP contribution in [0.25, 0.3) is 10.9 Å². The van der Waals surface area contributed by atoms with E-state index in [1.807, 2.05) is 31.3 Å². The predicted molar refractivity (Wildman–Crippen MR) is 107 cm³/mol. The second-order valence-corrected chi connectivity index (χ2v) is 7.60. The Morgan fingerprint density at radius 2 is 2.04 bits per heavy atom. The van der Waals surface area contributed by atoms with Crippen LogP contribution in [0.1, 0.15) is 45.4 Å². The van der Waals surface area contributed by atoms with Gasteiger partial charge < -0.3 is 20.1 Å². The van der Waals surface area contributed by atoms with Crippen LogP contribution in [0.4, 0.5) is 5.95 Å². The fraction of sp³-hybridized carbons (Fsp3) is 0.571. The minimum absolute atomic E-state index is 0.0885. The number of amides is 1. The molecule has 1 aromatic carbocycles. The molecular formula is C21H28N4O3. The van der Waals surface area contributed by atoms with Crippen molar-refractivity contribution >= 4 is 22.8 Å². The Morgan fingerprint density at radius 1 is 1.21 bits per heavy atom. The lowest BCUT2D eigenvalue weighted by Gasteiger charge is -2.29. The fourth-order valence-electron chi connectivity index (χ4n) is 3.87. The minimum Gasteiger partial charge on any atom is -0.486 e. The van der Waals surface area contributed by atoms with Gasteiger partial charge in [-0.25, -0.2) is 9.97 Å². The van der Waals surface area contributed by atoms with Crippen LogP contribution in [0.15, 0.2) is 24.4 Å². The summed E-state index contributed by atoms with van der Waals surface area (Å²) < 4.78 is 11.5. The Balaban J connectivity index is 1.41. The van der Waals surface area contributed by atoms with Gasteiger partial charge in [0.2, 0.25) is 11.9 Å². The quantitative estimate of drug-likeness (QED) is 0.796. The molecule has 7 nitrogen and oxygen atoms in total. The van der Waals surface area contributed by atoms with Crippen molar-refractivity contribution in [3.05, 3.63) is 24.4 Å². The zero-order chi connectivity index (χ0) is 19.3. The number of nitrogens with one attached hydrogen (secondary N) is 2. The van der Waals surface area contributed by atoms with E-state index in [4.69, 9.17) is 14.5 Å². The first-order valence-electron chi connectivity index (χ1n) is 10.3. The molecule has 0 bridgehead atoms. The van der Waals surface area contributed by atoms with Crippen LogP contribution >= 0.6 is 0 Å². The summed E-state index contributed by atoms with van der Waals surface area (Å²) in [5, 5.41) is 7.53. The largest absolute Gasteiger partial charge is 0.486 e. The minimum atomic E-state index is 0.0885. The molecule has 1 aliphatic heterocycles. The maximum absolute atomic E-state index is 11.6. The summed E-state index contributed by atoms with van der Waals surface area (Å²) in [5.74, 6) is 1.55. The van der Waals surface area contributed by atoms with E-state index in [1.165, 1.54) is 0 Å². The van der Waals surface area contributed by atoms with E-state index in [9.17, 15) is 4.79 Å². The summed E-state index contributed by atoms with van der Waals surface area (Å²) in [7, 11) is 0. The van der Waals surface area contributed by atoms with Crippen LogP contribution in [-0.2, 0) is 9.53 Å². The Hall–Kier alpha value is -2.41. The molecule has 2 aromatic rings. The van der Waals surface area contributed by atoms with Crippen LogP contribution in [-0.4, -0.2) is 47.3 Å². The summed E-state index contributed by atoms with van der Waals surface area (Å²) in [6.45, 7) is 3.26. The Kier molecular flexibility index (Phi) is 5.90. The maximum atomic E-state index is 11.6. The van der Waals surface area contributed by atoms with Crippen molar-refractivity contribution in [3.63, 3.8) is 0 Å². The summed E-state index contributed by atoms with van der Waals surface area (Å²) in [4.78, 5) is 20.8. The molecule has 7 heteroatoms. The Bertz CT molecular complexity index is 814. The van der Waals surface area contributed by atoms with E-state index >= 15 is 0 Å². The number of hydrogen-bond acceptors (Lipinski definition) is 6. The molecule has 1 unspecified atom stereocenters. The van der Waals surface area contributed by atoms with Gasteiger partial charge in [0, 0.05) is 36.5 Å². The molecule has 2 N–H and O–H groups in total. The molecule has 150 valence electrons. The Labute approximate surface area is 165 Å². The van der Waals surface area contributed by atoms with Crippen LogP contribution in [0.2, 0.25) is 0 Å². The van der Waals surface area contributed by atoms with Gasteiger partial charge in [-0.05, 0) is 31.7 Å². The third-order valence-electron chi connectivity index (χ3n) is 5.50. The maximum Gasteiger partial charge on any atom is 0.223 e. The molecule has 28 heavy (non-hydrogen) atoms. The molecule has 2 heterocycles. The zero-order valence-corrected chi connectivity index (χ0v) is 16.3. The van der Waals surface area contributed by atoms with Gasteiger partial charge in [-0.15, -0.1) is 0 Å². The lowest BCUT2D eigenvalue weighted by atomic mass is 9.91. The molecule has 1 aromatic heterocycles. The third kappa shape index (κ3) is 4.52. The van der Waals surface area contributed by atoms with Crippen LogP contribution in [0, 0.1) is 0 Å². The summed E-state index contributed by atoms with van der Waals surface area (Å²) >= 11 is 0. The van der Waals surface area contributed by atoms with E-state index in [0.717, 1.165) is 55.4 Å². The highest BCUT2D eigenvalue weighted by atomic mass is 16.5. The molecule has 2 aliphatic rings. The summed E-state index contributed by atoms with van der Waals surface area (Å²) in [6.07, 6.45) is 7.33.